The summed E-state index contributed by atoms with van der Waals surface area (Å²) < 4.78 is 27.6. The standard InChI is InChI=1S/C22H14ClF2NOS/c23-16-5-3-13(4-6-16)19-12-28-22(15-8-17(24)10-18(25)9-15)20(19)21(27)14-2-1-7-26-11-14/h1-12,21,27H. The Hall–Kier alpha value is -2.60. The normalized spacial score (nSPS) is 12.1. The Morgan fingerprint density at radius 3 is 2.32 bits per heavy atom. The highest BCUT2D eigenvalue weighted by atomic mass is 35.5. The lowest BCUT2D eigenvalue weighted by atomic mass is 9.93. The average molecular weight is 414 g/mol. The molecule has 1 N–H and O–H groups in total. The number of benzene rings is 2. The number of aromatic nitrogens is 1. The summed E-state index contributed by atoms with van der Waals surface area (Å²) in [5.41, 5.74) is 3.17. The van der Waals surface area contributed by atoms with Crippen molar-refractivity contribution in [3.63, 3.8) is 0 Å². The van der Waals surface area contributed by atoms with Crippen LogP contribution in [0.25, 0.3) is 21.6 Å². The Balaban J connectivity index is 1.93. The minimum Gasteiger partial charge on any atom is -0.384 e. The fraction of sp³-hybridized carbons (Fsp3) is 0.0455. The van der Waals surface area contributed by atoms with Gasteiger partial charge < -0.3 is 5.11 Å². The number of halogens is 3. The minimum atomic E-state index is -1.01. The molecule has 0 bridgehead atoms. The molecule has 0 saturated carbocycles. The minimum absolute atomic E-state index is 0.376. The number of hydrogen-bond acceptors (Lipinski definition) is 3. The van der Waals surface area contributed by atoms with Crippen LogP contribution in [0.1, 0.15) is 17.2 Å². The van der Waals surface area contributed by atoms with Gasteiger partial charge in [-0.15, -0.1) is 11.3 Å². The van der Waals surface area contributed by atoms with E-state index in [1.807, 2.05) is 17.5 Å². The second-order valence-corrected chi connectivity index (χ2v) is 7.56. The topological polar surface area (TPSA) is 33.1 Å². The van der Waals surface area contributed by atoms with Crippen LogP contribution in [0.15, 0.2) is 72.4 Å². The van der Waals surface area contributed by atoms with E-state index >= 15 is 0 Å². The number of nitrogens with zero attached hydrogens (tertiary/aromatic N) is 1. The molecule has 2 aromatic carbocycles. The van der Waals surface area contributed by atoms with E-state index in [1.54, 1.807) is 36.7 Å². The highest BCUT2D eigenvalue weighted by Gasteiger charge is 2.23. The molecule has 0 aliphatic heterocycles. The van der Waals surface area contributed by atoms with Gasteiger partial charge in [-0.1, -0.05) is 29.8 Å². The van der Waals surface area contributed by atoms with E-state index in [0.717, 1.165) is 17.2 Å². The summed E-state index contributed by atoms with van der Waals surface area (Å²) >= 11 is 7.32. The van der Waals surface area contributed by atoms with Gasteiger partial charge in [-0.05, 0) is 52.4 Å². The first-order valence-electron chi connectivity index (χ1n) is 8.44. The summed E-state index contributed by atoms with van der Waals surface area (Å²) in [5.74, 6) is -1.34. The van der Waals surface area contributed by atoms with Crippen LogP contribution in [0.4, 0.5) is 8.78 Å². The number of rotatable bonds is 4. The zero-order chi connectivity index (χ0) is 19.7. The van der Waals surface area contributed by atoms with E-state index in [9.17, 15) is 13.9 Å². The molecule has 1 unspecified atom stereocenters. The fourth-order valence-corrected chi connectivity index (χ4v) is 4.33. The van der Waals surface area contributed by atoms with Crippen molar-refractivity contribution in [2.45, 2.75) is 6.10 Å². The molecule has 0 aliphatic carbocycles. The van der Waals surface area contributed by atoms with Crippen LogP contribution in [0, 0.1) is 11.6 Å². The van der Waals surface area contributed by atoms with E-state index in [1.165, 1.54) is 23.5 Å². The number of thiophene rings is 1. The lowest BCUT2D eigenvalue weighted by molar-refractivity contribution is 0.221. The Bertz CT molecular complexity index is 1090. The van der Waals surface area contributed by atoms with E-state index in [4.69, 9.17) is 11.6 Å². The van der Waals surface area contributed by atoms with Crippen molar-refractivity contribution < 1.29 is 13.9 Å². The van der Waals surface area contributed by atoms with Crippen molar-refractivity contribution in [2.75, 3.05) is 0 Å². The summed E-state index contributed by atoms with van der Waals surface area (Å²) in [6.07, 6.45) is 2.18. The third-order valence-corrected chi connectivity index (χ3v) is 5.68. The van der Waals surface area contributed by atoms with Crippen LogP contribution in [-0.2, 0) is 0 Å². The summed E-state index contributed by atoms with van der Waals surface area (Å²) in [6, 6.07) is 14.1. The van der Waals surface area contributed by atoms with E-state index in [-0.39, 0.29) is 0 Å². The Morgan fingerprint density at radius 2 is 1.68 bits per heavy atom. The van der Waals surface area contributed by atoms with Gasteiger partial charge in [0.15, 0.2) is 0 Å². The molecule has 0 amide bonds. The molecular formula is C22H14ClF2NOS. The lowest BCUT2D eigenvalue weighted by Gasteiger charge is -2.15. The number of hydrogen-bond donors (Lipinski definition) is 1. The Labute approximate surface area is 169 Å². The van der Waals surface area contributed by atoms with E-state index in [2.05, 4.69) is 4.98 Å². The zero-order valence-corrected chi connectivity index (χ0v) is 16.0. The molecule has 28 heavy (non-hydrogen) atoms. The van der Waals surface area contributed by atoms with E-state index < -0.39 is 17.7 Å². The maximum atomic E-state index is 13.8. The molecule has 4 rings (SSSR count). The van der Waals surface area contributed by atoms with E-state index in [0.29, 0.717) is 26.6 Å². The fourth-order valence-electron chi connectivity index (χ4n) is 3.10. The van der Waals surface area contributed by atoms with Crippen molar-refractivity contribution in [2.24, 2.45) is 0 Å². The van der Waals surface area contributed by atoms with Gasteiger partial charge in [0.2, 0.25) is 0 Å². The molecule has 2 heterocycles. The molecule has 1 atom stereocenters. The third kappa shape index (κ3) is 3.69. The number of aliphatic hydroxyl groups is 1. The quantitative estimate of drug-likeness (QED) is 0.414. The van der Waals surface area contributed by atoms with Crippen molar-refractivity contribution in [3.05, 3.63) is 100 Å². The molecule has 4 aromatic rings. The van der Waals surface area contributed by atoms with Crippen LogP contribution >= 0.6 is 22.9 Å². The summed E-state index contributed by atoms with van der Waals surface area (Å²) in [5, 5.41) is 13.6. The first-order valence-corrected chi connectivity index (χ1v) is 9.70. The van der Waals surface area contributed by atoms with Crippen LogP contribution in [0.5, 0.6) is 0 Å². The summed E-state index contributed by atoms with van der Waals surface area (Å²) in [6.45, 7) is 0. The molecule has 2 aromatic heterocycles. The highest BCUT2D eigenvalue weighted by molar-refractivity contribution is 7.14. The van der Waals surface area contributed by atoms with Crippen LogP contribution in [-0.4, -0.2) is 10.1 Å². The molecule has 0 saturated heterocycles. The van der Waals surface area contributed by atoms with Gasteiger partial charge in [0.25, 0.3) is 0 Å². The van der Waals surface area contributed by atoms with Gasteiger partial charge in [-0.2, -0.15) is 0 Å². The van der Waals surface area contributed by atoms with Gasteiger partial charge in [0, 0.05) is 39.5 Å². The van der Waals surface area contributed by atoms with Gasteiger partial charge in [0.05, 0.1) is 0 Å². The average Bonchev–Trinajstić information content (AvgIpc) is 3.13. The van der Waals surface area contributed by atoms with Crippen LogP contribution in [0.3, 0.4) is 0 Å². The number of aliphatic hydroxyl groups excluding tert-OH is 1. The molecule has 0 radical (unpaired) electrons. The third-order valence-electron chi connectivity index (χ3n) is 4.38. The van der Waals surface area contributed by atoms with Crippen molar-refractivity contribution in [3.8, 4) is 21.6 Å². The molecule has 2 nitrogen and oxygen atoms in total. The predicted octanol–water partition coefficient (Wildman–Crippen LogP) is 6.49. The molecule has 6 heteroatoms. The Morgan fingerprint density at radius 1 is 0.964 bits per heavy atom. The highest BCUT2D eigenvalue weighted by Crippen LogP contribution is 2.44. The molecular weight excluding hydrogens is 400 g/mol. The van der Waals surface area contributed by atoms with Crippen molar-refractivity contribution in [1.82, 2.24) is 4.98 Å². The largest absolute Gasteiger partial charge is 0.384 e. The molecule has 0 spiro atoms. The summed E-state index contributed by atoms with van der Waals surface area (Å²) in [4.78, 5) is 4.66. The molecule has 0 aliphatic rings. The second kappa shape index (κ2) is 7.80. The predicted molar refractivity (Wildman–Crippen MR) is 108 cm³/mol. The maximum Gasteiger partial charge on any atom is 0.126 e. The zero-order valence-electron chi connectivity index (χ0n) is 14.4. The first kappa shape index (κ1) is 18.7. The lowest BCUT2D eigenvalue weighted by Crippen LogP contribution is -2.02. The maximum absolute atomic E-state index is 13.8. The van der Waals surface area contributed by atoms with Crippen molar-refractivity contribution in [1.29, 1.82) is 0 Å². The summed E-state index contributed by atoms with van der Waals surface area (Å²) in [7, 11) is 0. The SMILES string of the molecule is OC(c1cccnc1)c1c(-c2ccc(Cl)cc2)csc1-c1cc(F)cc(F)c1. The van der Waals surface area contributed by atoms with Gasteiger partial charge in [-0.3, -0.25) is 4.98 Å². The van der Waals surface area contributed by atoms with Gasteiger partial charge >= 0.3 is 0 Å². The van der Waals surface area contributed by atoms with Gasteiger partial charge in [-0.25, -0.2) is 8.78 Å². The second-order valence-electron chi connectivity index (χ2n) is 6.25. The molecule has 0 fully saturated rings. The van der Waals surface area contributed by atoms with Crippen molar-refractivity contribution >= 4 is 22.9 Å². The molecule has 140 valence electrons. The first-order chi connectivity index (χ1) is 13.5. The van der Waals surface area contributed by atoms with Crippen LogP contribution < -0.4 is 0 Å². The van der Waals surface area contributed by atoms with Crippen LogP contribution in [0.2, 0.25) is 5.02 Å². The monoisotopic (exact) mass is 413 g/mol. The Kier molecular flexibility index (Phi) is 5.22. The van der Waals surface area contributed by atoms with Gasteiger partial charge in [0.1, 0.15) is 17.7 Å². The smallest absolute Gasteiger partial charge is 0.126 e. The number of pyridine rings is 1.